The van der Waals surface area contributed by atoms with Gasteiger partial charge in [0.15, 0.2) is 0 Å². The van der Waals surface area contributed by atoms with Crippen molar-refractivity contribution >= 4 is 22.3 Å². The Morgan fingerprint density at radius 3 is 2.88 bits per heavy atom. The van der Waals surface area contributed by atoms with Gasteiger partial charge in [-0.15, -0.1) is 0 Å². The van der Waals surface area contributed by atoms with Crippen LogP contribution in [-0.2, 0) is 4.79 Å². The van der Waals surface area contributed by atoms with E-state index in [-0.39, 0.29) is 0 Å². The molecule has 0 unspecified atom stereocenters. The zero-order chi connectivity index (χ0) is 11.5. The van der Waals surface area contributed by atoms with Crippen LogP contribution >= 0.6 is 0 Å². The molecule has 1 aromatic heterocycles. The van der Waals surface area contributed by atoms with Gasteiger partial charge in [0, 0.05) is 23.9 Å². The van der Waals surface area contributed by atoms with Crippen molar-refractivity contribution in [3.05, 3.63) is 48.3 Å². The molecule has 0 spiro atoms. The zero-order valence-electron chi connectivity index (χ0n) is 8.84. The van der Waals surface area contributed by atoms with Crippen LogP contribution in [0.4, 0.5) is 0 Å². The summed E-state index contributed by atoms with van der Waals surface area (Å²) in [6.45, 7) is 1.79. The van der Waals surface area contributed by atoms with Crippen molar-refractivity contribution in [3.8, 4) is 0 Å². The maximum Gasteiger partial charge on any atom is 0.328 e. The number of carbonyl (C=O) groups is 1. The van der Waals surface area contributed by atoms with E-state index in [4.69, 9.17) is 5.11 Å². The topological polar surface area (TPSA) is 50.2 Å². The van der Waals surface area contributed by atoms with Gasteiger partial charge in [-0.2, -0.15) is 0 Å². The van der Waals surface area contributed by atoms with Crippen LogP contribution in [0.15, 0.2) is 42.7 Å². The minimum Gasteiger partial charge on any atom is -0.478 e. The van der Waals surface area contributed by atoms with E-state index in [1.807, 2.05) is 24.3 Å². The molecule has 0 radical (unpaired) electrons. The fourth-order valence-corrected chi connectivity index (χ4v) is 1.60. The van der Waals surface area contributed by atoms with Crippen LogP contribution in [-0.4, -0.2) is 16.1 Å². The molecule has 0 saturated heterocycles. The van der Waals surface area contributed by atoms with Gasteiger partial charge in [0.05, 0.1) is 0 Å². The van der Waals surface area contributed by atoms with E-state index in [1.165, 1.54) is 6.08 Å². The average Bonchev–Trinajstić information content (AvgIpc) is 2.27. The van der Waals surface area contributed by atoms with Gasteiger partial charge < -0.3 is 5.11 Å². The number of rotatable bonds is 2. The number of pyridine rings is 1. The molecule has 0 fully saturated rings. The van der Waals surface area contributed by atoms with Crippen LogP contribution in [0.1, 0.15) is 12.5 Å². The second-order valence-electron chi connectivity index (χ2n) is 3.60. The van der Waals surface area contributed by atoms with Crippen molar-refractivity contribution in [3.63, 3.8) is 0 Å². The van der Waals surface area contributed by atoms with Gasteiger partial charge in [0.25, 0.3) is 0 Å². The largest absolute Gasteiger partial charge is 0.478 e. The van der Waals surface area contributed by atoms with E-state index in [1.54, 1.807) is 19.3 Å². The summed E-state index contributed by atoms with van der Waals surface area (Å²) in [6, 6.07) is 7.72. The van der Waals surface area contributed by atoms with Gasteiger partial charge in [-0.25, -0.2) is 4.79 Å². The molecule has 1 aromatic carbocycles. The van der Waals surface area contributed by atoms with E-state index in [2.05, 4.69) is 4.98 Å². The Labute approximate surface area is 93.1 Å². The number of benzene rings is 1. The smallest absolute Gasteiger partial charge is 0.328 e. The van der Waals surface area contributed by atoms with Crippen LogP contribution in [0.25, 0.3) is 16.3 Å². The van der Waals surface area contributed by atoms with Crippen molar-refractivity contribution in [2.24, 2.45) is 0 Å². The Kier molecular flexibility index (Phi) is 2.68. The van der Waals surface area contributed by atoms with Gasteiger partial charge in [-0.3, -0.25) is 4.98 Å². The molecular formula is C13H11NO2. The molecule has 0 atom stereocenters. The molecule has 3 nitrogen and oxygen atoms in total. The minimum absolute atomic E-state index is 0.742. The summed E-state index contributed by atoms with van der Waals surface area (Å²) in [7, 11) is 0. The molecule has 3 heteroatoms. The number of nitrogens with zero attached hydrogens (tertiary/aromatic N) is 1. The van der Waals surface area contributed by atoms with E-state index in [0.717, 1.165) is 21.9 Å². The number of aliphatic carboxylic acids is 1. The van der Waals surface area contributed by atoms with Crippen LogP contribution in [0.2, 0.25) is 0 Å². The molecule has 1 N–H and O–H groups in total. The molecule has 2 rings (SSSR count). The van der Waals surface area contributed by atoms with E-state index < -0.39 is 5.97 Å². The Bertz CT molecular complexity index is 573. The Balaban J connectivity index is 2.51. The van der Waals surface area contributed by atoms with Crippen molar-refractivity contribution in [2.45, 2.75) is 6.92 Å². The number of allylic oxidation sites excluding steroid dienone is 1. The highest BCUT2D eigenvalue weighted by molar-refractivity contribution is 5.92. The fraction of sp³-hybridized carbons (Fsp3) is 0.0769. The molecule has 0 amide bonds. The van der Waals surface area contributed by atoms with E-state index >= 15 is 0 Å². The highest BCUT2D eigenvalue weighted by Crippen LogP contribution is 2.20. The number of fused-ring (bicyclic) bond motifs is 1. The SMILES string of the molecule is C/C(=C/C(=O)O)c1ccc2cnccc2c1. The lowest BCUT2D eigenvalue weighted by molar-refractivity contribution is -0.131. The number of carboxylic acids is 1. The zero-order valence-corrected chi connectivity index (χ0v) is 8.84. The summed E-state index contributed by atoms with van der Waals surface area (Å²) >= 11 is 0. The van der Waals surface area contributed by atoms with E-state index in [0.29, 0.717) is 0 Å². The first-order valence-electron chi connectivity index (χ1n) is 4.92. The van der Waals surface area contributed by atoms with Crippen molar-refractivity contribution in [2.75, 3.05) is 0 Å². The van der Waals surface area contributed by atoms with Crippen molar-refractivity contribution in [1.82, 2.24) is 4.98 Å². The van der Waals surface area contributed by atoms with Crippen LogP contribution in [0.5, 0.6) is 0 Å². The molecule has 80 valence electrons. The third-order valence-corrected chi connectivity index (χ3v) is 2.44. The first-order valence-corrected chi connectivity index (χ1v) is 4.92. The lowest BCUT2D eigenvalue weighted by Gasteiger charge is -2.02. The van der Waals surface area contributed by atoms with Gasteiger partial charge in [0.2, 0.25) is 0 Å². The first kappa shape index (κ1) is 10.4. The predicted octanol–water partition coefficient (Wildman–Crippen LogP) is 2.72. The summed E-state index contributed by atoms with van der Waals surface area (Å²) in [5.41, 5.74) is 1.66. The molecule has 2 aromatic rings. The molecule has 0 aliphatic carbocycles. The second kappa shape index (κ2) is 4.14. The summed E-state index contributed by atoms with van der Waals surface area (Å²) in [5, 5.41) is 10.8. The van der Waals surface area contributed by atoms with Gasteiger partial charge in [-0.05, 0) is 35.6 Å². The second-order valence-corrected chi connectivity index (χ2v) is 3.60. The summed E-state index contributed by atoms with van der Waals surface area (Å²) in [6.07, 6.45) is 4.72. The van der Waals surface area contributed by atoms with Crippen molar-refractivity contribution < 1.29 is 9.90 Å². The van der Waals surface area contributed by atoms with Crippen molar-refractivity contribution in [1.29, 1.82) is 0 Å². The third kappa shape index (κ3) is 2.08. The summed E-state index contributed by atoms with van der Waals surface area (Å²) < 4.78 is 0. The lowest BCUT2D eigenvalue weighted by atomic mass is 10.0. The quantitative estimate of drug-likeness (QED) is 0.780. The Morgan fingerprint density at radius 2 is 2.12 bits per heavy atom. The molecule has 0 aliphatic rings. The summed E-state index contributed by atoms with van der Waals surface area (Å²) in [5.74, 6) is -0.924. The molecule has 0 bridgehead atoms. The summed E-state index contributed by atoms with van der Waals surface area (Å²) in [4.78, 5) is 14.6. The predicted molar refractivity (Wildman–Crippen MR) is 63.0 cm³/mol. The maximum absolute atomic E-state index is 10.6. The number of hydrogen-bond donors (Lipinski definition) is 1. The normalized spacial score (nSPS) is 11.7. The van der Waals surface area contributed by atoms with Crippen LogP contribution in [0.3, 0.4) is 0 Å². The molecule has 0 saturated carbocycles. The Hall–Kier alpha value is -2.16. The van der Waals surface area contributed by atoms with Crippen LogP contribution < -0.4 is 0 Å². The van der Waals surface area contributed by atoms with Gasteiger partial charge in [-0.1, -0.05) is 12.1 Å². The minimum atomic E-state index is -0.924. The maximum atomic E-state index is 10.6. The fourth-order valence-electron chi connectivity index (χ4n) is 1.60. The number of aromatic nitrogens is 1. The highest BCUT2D eigenvalue weighted by atomic mass is 16.4. The number of hydrogen-bond acceptors (Lipinski definition) is 2. The van der Waals surface area contributed by atoms with Gasteiger partial charge >= 0.3 is 5.97 Å². The molecule has 0 aliphatic heterocycles. The monoisotopic (exact) mass is 213 g/mol. The lowest BCUT2D eigenvalue weighted by Crippen LogP contribution is -1.90. The number of carboxylic acid groups (broad SMARTS) is 1. The third-order valence-electron chi connectivity index (χ3n) is 2.44. The first-order chi connectivity index (χ1) is 7.66. The average molecular weight is 213 g/mol. The molecular weight excluding hydrogens is 202 g/mol. The van der Waals surface area contributed by atoms with Crippen LogP contribution in [0, 0.1) is 0 Å². The standard InChI is InChI=1S/C13H11NO2/c1-9(6-13(15)16)10-2-3-12-8-14-5-4-11(12)7-10/h2-8H,1H3,(H,15,16)/b9-6-. The van der Waals surface area contributed by atoms with Gasteiger partial charge in [0.1, 0.15) is 0 Å². The molecule has 1 heterocycles. The Morgan fingerprint density at radius 1 is 1.31 bits per heavy atom. The van der Waals surface area contributed by atoms with E-state index in [9.17, 15) is 4.79 Å². The molecule has 16 heavy (non-hydrogen) atoms. The highest BCUT2D eigenvalue weighted by Gasteiger charge is 2.00.